The topological polar surface area (TPSA) is 83.5 Å². The Kier molecular flexibility index (Phi) is 12.2. The van der Waals surface area contributed by atoms with Crippen LogP contribution in [-0.4, -0.2) is 81.0 Å². The minimum atomic E-state index is -0.619. The number of ether oxygens (including phenoxy) is 5. The molecule has 2 aromatic rings. The Bertz CT molecular complexity index is 1110. The summed E-state index contributed by atoms with van der Waals surface area (Å²) in [6.07, 6.45) is -1.00. The summed E-state index contributed by atoms with van der Waals surface area (Å²) in [5, 5.41) is 0.673. The lowest BCUT2D eigenvalue weighted by molar-refractivity contribution is -0.149. The fourth-order valence-electron chi connectivity index (χ4n) is 4.33. The van der Waals surface area contributed by atoms with Crippen molar-refractivity contribution in [2.75, 3.05) is 51.9 Å². The van der Waals surface area contributed by atoms with Crippen LogP contribution in [0.5, 0.6) is 11.5 Å². The van der Waals surface area contributed by atoms with Gasteiger partial charge in [-0.05, 0) is 35.4 Å². The van der Waals surface area contributed by atoms with Crippen LogP contribution >= 0.6 is 34.8 Å². The number of esters is 2. The summed E-state index contributed by atoms with van der Waals surface area (Å²) in [6.45, 7) is 10.6. The molecule has 8 nitrogen and oxygen atoms in total. The first-order chi connectivity index (χ1) is 19.0. The Hall–Kier alpha value is -2.23. The number of carbonyl (C=O) groups is 2. The molecule has 1 saturated heterocycles. The molecule has 3 rings (SSSR count). The van der Waals surface area contributed by atoms with Crippen molar-refractivity contribution in [2.45, 2.75) is 45.3 Å². The monoisotopic (exact) mass is 615 g/mol. The highest BCUT2D eigenvalue weighted by atomic mass is 35.5. The van der Waals surface area contributed by atoms with E-state index in [0.29, 0.717) is 41.3 Å². The van der Waals surface area contributed by atoms with Crippen LogP contribution in [0.4, 0.5) is 0 Å². The Morgan fingerprint density at radius 3 is 2.00 bits per heavy atom. The van der Waals surface area contributed by atoms with E-state index in [4.69, 9.17) is 58.5 Å². The van der Waals surface area contributed by atoms with Gasteiger partial charge < -0.3 is 23.7 Å². The van der Waals surface area contributed by atoms with Crippen molar-refractivity contribution < 1.29 is 33.3 Å². The average molecular weight is 617 g/mol. The first kappa shape index (κ1) is 32.3. The molecule has 11 heteroatoms. The number of rotatable bonds is 13. The highest BCUT2D eigenvalue weighted by Crippen LogP contribution is 2.40. The van der Waals surface area contributed by atoms with Crippen molar-refractivity contribution in [1.82, 2.24) is 4.90 Å². The van der Waals surface area contributed by atoms with Gasteiger partial charge in [-0.25, -0.2) is 0 Å². The maximum Gasteiger partial charge on any atom is 0.303 e. The first-order valence-electron chi connectivity index (χ1n) is 13.1. The van der Waals surface area contributed by atoms with Gasteiger partial charge in [-0.15, -0.1) is 11.6 Å². The maximum atomic E-state index is 11.6. The second-order valence-electron chi connectivity index (χ2n) is 10.1. The number of carbonyl (C=O) groups excluding carboxylic acids is 2. The van der Waals surface area contributed by atoms with E-state index in [9.17, 15) is 9.59 Å². The molecule has 0 aliphatic carbocycles. The molecule has 0 aromatic heterocycles. The molecule has 1 fully saturated rings. The van der Waals surface area contributed by atoms with Gasteiger partial charge in [-0.3, -0.25) is 14.5 Å². The number of benzene rings is 2. The zero-order valence-corrected chi connectivity index (χ0v) is 25.5. The van der Waals surface area contributed by atoms with Crippen molar-refractivity contribution in [3.63, 3.8) is 0 Å². The van der Waals surface area contributed by atoms with Gasteiger partial charge in [0.15, 0.2) is 5.75 Å². The van der Waals surface area contributed by atoms with Crippen molar-refractivity contribution >= 4 is 46.7 Å². The minimum absolute atomic E-state index is 0.0253. The zero-order chi connectivity index (χ0) is 29.3. The molecule has 0 unspecified atom stereocenters. The molecule has 1 aliphatic rings. The number of nitrogens with zero attached hydrogens (tertiary/aromatic N) is 1. The lowest BCUT2D eigenvalue weighted by Gasteiger charge is -2.30. The van der Waals surface area contributed by atoms with E-state index in [0.717, 1.165) is 24.2 Å². The van der Waals surface area contributed by atoms with E-state index in [1.54, 1.807) is 0 Å². The number of alkyl halides is 1. The van der Waals surface area contributed by atoms with E-state index in [2.05, 4.69) is 18.7 Å². The van der Waals surface area contributed by atoms with Gasteiger partial charge in [0, 0.05) is 38.9 Å². The molecular weight excluding hydrogens is 581 g/mol. The number of hydrogen-bond acceptors (Lipinski definition) is 8. The highest BCUT2D eigenvalue weighted by molar-refractivity contribution is 6.37. The molecule has 0 spiro atoms. The molecule has 2 aromatic carbocycles. The molecule has 1 heterocycles. The summed E-state index contributed by atoms with van der Waals surface area (Å²) in [5.74, 6) is 0.263. The van der Waals surface area contributed by atoms with Crippen LogP contribution in [0.1, 0.15) is 38.8 Å². The lowest BCUT2D eigenvalue weighted by atomic mass is 9.78. The summed E-state index contributed by atoms with van der Waals surface area (Å²) in [7, 11) is 0. The van der Waals surface area contributed by atoms with Crippen molar-refractivity contribution in [3.05, 3.63) is 57.6 Å². The molecule has 1 aliphatic heterocycles. The van der Waals surface area contributed by atoms with Crippen molar-refractivity contribution in [1.29, 1.82) is 0 Å². The number of hydrogen-bond donors (Lipinski definition) is 0. The van der Waals surface area contributed by atoms with Crippen LogP contribution < -0.4 is 9.47 Å². The molecule has 0 saturated carbocycles. The molecular formula is C29H36Cl3NO7. The minimum Gasteiger partial charge on any atom is -0.490 e. The third-order valence-electron chi connectivity index (χ3n) is 6.55. The van der Waals surface area contributed by atoms with Gasteiger partial charge in [-0.2, -0.15) is 0 Å². The van der Waals surface area contributed by atoms with Crippen LogP contribution in [0, 0.1) is 0 Å². The Labute approximate surface area is 250 Å². The maximum absolute atomic E-state index is 11.6. The van der Waals surface area contributed by atoms with Gasteiger partial charge in [-0.1, -0.05) is 49.2 Å². The van der Waals surface area contributed by atoms with Crippen LogP contribution in [0.3, 0.4) is 0 Å². The molecule has 0 N–H and O–H groups in total. The lowest BCUT2D eigenvalue weighted by Crippen LogP contribution is -2.43. The molecule has 2 atom stereocenters. The van der Waals surface area contributed by atoms with Crippen molar-refractivity contribution in [3.8, 4) is 11.5 Å². The highest BCUT2D eigenvalue weighted by Gasteiger charge is 2.26. The van der Waals surface area contributed by atoms with Crippen molar-refractivity contribution in [2.24, 2.45) is 0 Å². The zero-order valence-electron chi connectivity index (χ0n) is 23.2. The predicted molar refractivity (Wildman–Crippen MR) is 155 cm³/mol. The summed E-state index contributed by atoms with van der Waals surface area (Å²) in [4.78, 5) is 25.0. The van der Waals surface area contributed by atoms with E-state index < -0.39 is 17.5 Å². The molecule has 0 amide bonds. The average Bonchev–Trinajstić information content (AvgIpc) is 2.90. The van der Waals surface area contributed by atoms with Crippen LogP contribution in [0.25, 0.3) is 0 Å². The Morgan fingerprint density at radius 1 is 0.900 bits per heavy atom. The largest absolute Gasteiger partial charge is 0.490 e. The van der Waals surface area contributed by atoms with Gasteiger partial charge >= 0.3 is 11.9 Å². The van der Waals surface area contributed by atoms with Gasteiger partial charge in [0.2, 0.25) is 0 Å². The van der Waals surface area contributed by atoms with Crippen LogP contribution in [0.2, 0.25) is 10.0 Å². The summed E-state index contributed by atoms with van der Waals surface area (Å²) in [6, 6.07) is 11.4. The summed E-state index contributed by atoms with van der Waals surface area (Å²) in [5.41, 5.74) is 1.46. The van der Waals surface area contributed by atoms with E-state index in [-0.39, 0.29) is 31.2 Å². The van der Waals surface area contributed by atoms with Gasteiger partial charge in [0.1, 0.15) is 31.2 Å². The molecule has 220 valence electrons. The van der Waals surface area contributed by atoms with E-state index in [1.807, 2.05) is 36.4 Å². The Morgan fingerprint density at radius 2 is 1.45 bits per heavy atom. The van der Waals surface area contributed by atoms with E-state index in [1.165, 1.54) is 13.8 Å². The first-order valence-corrected chi connectivity index (χ1v) is 14.3. The molecule has 0 bridgehead atoms. The van der Waals surface area contributed by atoms with Gasteiger partial charge in [0.25, 0.3) is 0 Å². The second kappa shape index (κ2) is 15.1. The van der Waals surface area contributed by atoms with Gasteiger partial charge in [0.05, 0.1) is 29.1 Å². The predicted octanol–water partition coefficient (Wildman–Crippen LogP) is 5.51. The number of halogens is 3. The number of morpholine rings is 1. The quantitative estimate of drug-likeness (QED) is 0.215. The second-order valence-corrected chi connectivity index (χ2v) is 11.2. The smallest absolute Gasteiger partial charge is 0.303 e. The molecule has 40 heavy (non-hydrogen) atoms. The summed E-state index contributed by atoms with van der Waals surface area (Å²) >= 11 is 19.0. The van der Waals surface area contributed by atoms with Crippen LogP contribution in [0.15, 0.2) is 36.4 Å². The molecule has 0 radical (unpaired) electrons. The standard InChI is InChI=1S/C29H36Cl3NO7/c1-19(34)39-24(15-30)17-38-28-26(31)13-22(14-27(28)32)29(3,4)21-5-7-23(8-6-21)37-18-25(40-20(2)35)16-33-9-11-36-12-10-33/h5-8,13-14,24-25H,9-12,15-18H2,1-4H3/t24-,25+/m0/s1. The third kappa shape index (κ3) is 9.42. The fraction of sp³-hybridized carbons (Fsp3) is 0.517. The van der Waals surface area contributed by atoms with E-state index >= 15 is 0 Å². The Balaban J connectivity index is 1.66. The third-order valence-corrected chi connectivity index (χ3v) is 7.45. The normalized spacial score (nSPS) is 15.7. The van der Waals surface area contributed by atoms with Crippen LogP contribution in [-0.2, 0) is 29.2 Å². The SMILES string of the molecule is CC(=O)O[C@@H](CCl)COc1c(Cl)cc(C(C)(C)c2ccc(OC[C@@H](CN3CCOCC3)OC(C)=O)cc2)cc1Cl. The fourth-order valence-corrected chi connectivity index (χ4v) is 5.08. The summed E-state index contributed by atoms with van der Waals surface area (Å²) < 4.78 is 27.7.